The zero-order valence-corrected chi connectivity index (χ0v) is 9.78. The van der Waals surface area contributed by atoms with Crippen molar-refractivity contribution in [3.8, 4) is 0 Å². The molecule has 3 rings (SSSR count). The van der Waals surface area contributed by atoms with Gasteiger partial charge in [0.2, 0.25) is 0 Å². The number of hydrogen-bond donors (Lipinski definition) is 0. The van der Waals surface area contributed by atoms with E-state index in [0.717, 1.165) is 22.8 Å². The molecule has 0 N–H and O–H groups in total. The first-order valence-electron chi connectivity index (χ1n) is 5.81. The fourth-order valence-electron chi connectivity index (χ4n) is 2.10. The molecule has 0 fully saturated rings. The summed E-state index contributed by atoms with van der Waals surface area (Å²) in [4.78, 5) is 15.2. The molecule has 0 aliphatic heterocycles. The van der Waals surface area contributed by atoms with Crippen LogP contribution >= 0.6 is 0 Å². The first kappa shape index (κ1) is 10.7. The molecule has 0 amide bonds. The lowest BCUT2D eigenvalue weighted by Gasteiger charge is -2.06. The number of carbonyl (C=O) groups excluding carboxylic acids is 1. The highest BCUT2D eigenvalue weighted by Crippen LogP contribution is 2.15. The van der Waals surface area contributed by atoms with Crippen LogP contribution in [-0.4, -0.2) is 15.8 Å². The van der Waals surface area contributed by atoms with E-state index in [1.54, 1.807) is 6.20 Å². The Hall–Kier alpha value is -2.42. The van der Waals surface area contributed by atoms with E-state index in [0.29, 0.717) is 12.2 Å². The van der Waals surface area contributed by atoms with Crippen LogP contribution in [0.25, 0.3) is 10.9 Å². The lowest BCUT2D eigenvalue weighted by Crippen LogP contribution is -2.02. The van der Waals surface area contributed by atoms with Gasteiger partial charge in [-0.2, -0.15) is 0 Å². The Morgan fingerprint density at radius 2 is 2.11 bits per heavy atom. The normalized spacial score (nSPS) is 10.7. The van der Waals surface area contributed by atoms with Gasteiger partial charge in [0.15, 0.2) is 6.29 Å². The van der Waals surface area contributed by atoms with Gasteiger partial charge in [-0.25, -0.2) is 0 Å². The molecule has 0 saturated heterocycles. The van der Waals surface area contributed by atoms with E-state index >= 15 is 0 Å². The Morgan fingerprint density at radius 1 is 1.17 bits per heavy atom. The minimum absolute atomic E-state index is 0.696. The van der Waals surface area contributed by atoms with Crippen LogP contribution in [-0.2, 0) is 6.54 Å². The van der Waals surface area contributed by atoms with E-state index in [1.807, 2.05) is 47.2 Å². The van der Waals surface area contributed by atoms with Crippen molar-refractivity contribution in [3.63, 3.8) is 0 Å². The number of nitrogens with zero attached hydrogens (tertiary/aromatic N) is 2. The maximum atomic E-state index is 10.9. The molecule has 3 nitrogen and oxygen atoms in total. The molecule has 2 heterocycles. The second-order valence-electron chi connectivity index (χ2n) is 4.21. The lowest BCUT2D eigenvalue weighted by atomic mass is 10.1. The maximum absolute atomic E-state index is 10.9. The minimum atomic E-state index is 0.696. The largest absolute Gasteiger partial charge is 0.341 e. The quantitative estimate of drug-likeness (QED) is 0.655. The van der Waals surface area contributed by atoms with Gasteiger partial charge < -0.3 is 4.57 Å². The van der Waals surface area contributed by atoms with Crippen molar-refractivity contribution in [1.82, 2.24) is 9.55 Å². The number of hydrogen-bond acceptors (Lipinski definition) is 2. The number of fused-ring (bicyclic) bond motifs is 1. The standard InChI is InChI=1S/C15H12N2O/c18-11-14-4-2-8-17(14)10-12-5-6-15-13(9-12)3-1-7-16-15/h1-9,11H,10H2. The summed E-state index contributed by atoms with van der Waals surface area (Å²) in [7, 11) is 0. The molecular weight excluding hydrogens is 224 g/mol. The van der Waals surface area contributed by atoms with Crippen molar-refractivity contribution in [3.05, 3.63) is 66.1 Å². The topological polar surface area (TPSA) is 34.9 Å². The van der Waals surface area contributed by atoms with Crippen molar-refractivity contribution in [2.24, 2.45) is 0 Å². The zero-order chi connectivity index (χ0) is 12.4. The molecule has 0 aliphatic carbocycles. The van der Waals surface area contributed by atoms with Crippen LogP contribution in [0.3, 0.4) is 0 Å². The Morgan fingerprint density at radius 3 is 3.00 bits per heavy atom. The molecule has 0 aliphatic rings. The number of carbonyl (C=O) groups is 1. The van der Waals surface area contributed by atoms with Gasteiger partial charge in [-0.3, -0.25) is 9.78 Å². The molecule has 0 atom stereocenters. The third kappa shape index (κ3) is 1.91. The Labute approximate surface area is 105 Å². The van der Waals surface area contributed by atoms with E-state index in [4.69, 9.17) is 0 Å². The van der Waals surface area contributed by atoms with E-state index in [9.17, 15) is 4.79 Å². The fraction of sp³-hybridized carbons (Fsp3) is 0.0667. The van der Waals surface area contributed by atoms with Crippen molar-refractivity contribution < 1.29 is 4.79 Å². The number of aldehydes is 1. The first-order chi connectivity index (χ1) is 8.86. The van der Waals surface area contributed by atoms with Gasteiger partial charge in [-0.1, -0.05) is 12.1 Å². The second-order valence-corrected chi connectivity index (χ2v) is 4.21. The molecule has 2 aromatic heterocycles. The van der Waals surface area contributed by atoms with Gasteiger partial charge in [0.25, 0.3) is 0 Å². The number of rotatable bonds is 3. The van der Waals surface area contributed by atoms with E-state index in [2.05, 4.69) is 11.1 Å². The average Bonchev–Trinajstić information content (AvgIpc) is 2.86. The smallest absolute Gasteiger partial charge is 0.166 e. The summed E-state index contributed by atoms with van der Waals surface area (Å²) in [5, 5.41) is 1.12. The van der Waals surface area contributed by atoms with Crippen molar-refractivity contribution >= 4 is 17.2 Å². The van der Waals surface area contributed by atoms with Gasteiger partial charge in [-0.05, 0) is 35.9 Å². The predicted octanol–water partition coefficient (Wildman–Crippen LogP) is 2.90. The molecule has 0 unspecified atom stereocenters. The van der Waals surface area contributed by atoms with Gasteiger partial charge >= 0.3 is 0 Å². The molecule has 0 radical (unpaired) electrons. The van der Waals surface area contributed by atoms with Crippen LogP contribution in [0.2, 0.25) is 0 Å². The fourth-order valence-corrected chi connectivity index (χ4v) is 2.10. The highest BCUT2D eigenvalue weighted by molar-refractivity contribution is 5.79. The molecule has 18 heavy (non-hydrogen) atoms. The average molecular weight is 236 g/mol. The van der Waals surface area contributed by atoms with E-state index < -0.39 is 0 Å². The van der Waals surface area contributed by atoms with Crippen LogP contribution < -0.4 is 0 Å². The van der Waals surface area contributed by atoms with Gasteiger partial charge in [-0.15, -0.1) is 0 Å². The molecule has 0 spiro atoms. The minimum Gasteiger partial charge on any atom is -0.341 e. The van der Waals surface area contributed by atoms with Gasteiger partial charge in [0, 0.05) is 24.3 Å². The second kappa shape index (κ2) is 4.45. The van der Waals surface area contributed by atoms with Crippen molar-refractivity contribution in [2.75, 3.05) is 0 Å². The maximum Gasteiger partial charge on any atom is 0.166 e. The summed E-state index contributed by atoms with van der Waals surface area (Å²) in [5.41, 5.74) is 2.85. The third-order valence-electron chi connectivity index (χ3n) is 3.01. The Kier molecular flexibility index (Phi) is 2.65. The van der Waals surface area contributed by atoms with E-state index in [1.165, 1.54) is 0 Å². The molecule has 0 bridgehead atoms. The summed E-state index contributed by atoms with van der Waals surface area (Å²) < 4.78 is 1.94. The first-order valence-corrected chi connectivity index (χ1v) is 5.81. The van der Waals surface area contributed by atoms with Crippen LogP contribution in [0.4, 0.5) is 0 Å². The third-order valence-corrected chi connectivity index (χ3v) is 3.01. The molecule has 0 saturated carbocycles. The Balaban J connectivity index is 1.97. The zero-order valence-electron chi connectivity index (χ0n) is 9.78. The van der Waals surface area contributed by atoms with Gasteiger partial charge in [0.1, 0.15) is 0 Å². The summed E-state index contributed by atoms with van der Waals surface area (Å²) in [6.45, 7) is 0.700. The molecule has 88 valence electrons. The Bertz CT molecular complexity index is 700. The van der Waals surface area contributed by atoms with E-state index in [-0.39, 0.29) is 0 Å². The van der Waals surface area contributed by atoms with Crippen LogP contribution in [0.1, 0.15) is 16.1 Å². The predicted molar refractivity (Wildman–Crippen MR) is 70.7 cm³/mol. The highest BCUT2D eigenvalue weighted by atomic mass is 16.1. The molecular formula is C15H12N2O. The van der Waals surface area contributed by atoms with Crippen molar-refractivity contribution in [1.29, 1.82) is 0 Å². The summed E-state index contributed by atoms with van der Waals surface area (Å²) in [5.74, 6) is 0. The highest BCUT2D eigenvalue weighted by Gasteiger charge is 2.01. The molecule has 3 aromatic rings. The molecule has 3 heteroatoms. The number of benzene rings is 1. The summed E-state index contributed by atoms with van der Waals surface area (Å²) >= 11 is 0. The van der Waals surface area contributed by atoms with Crippen LogP contribution in [0.5, 0.6) is 0 Å². The van der Waals surface area contributed by atoms with Crippen LogP contribution in [0, 0.1) is 0 Å². The monoisotopic (exact) mass is 236 g/mol. The van der Waals surface area contributed by atoms with Crippen LogP contribution in [0.15, 0.2) is 54.9 Å². The SMILES string of the molecule is O=Cc1cccn1Cc1ccc2ncccc2c1. The summed E-state index contributed by atoms with van der Waals surface area (Å²) in [6.07, 6.45) is 4.58. The molecule has 1 aromatic carbocycles. The number of aromatic nitrogens is 2. The van der Waals surface area contributed by atoms with Crippen molar-refractivity contribution in [2.45, 2.75) is 6.54 Å². The number of pyridine rings is 1. The summed E-state index contributed by atoms with van der Waals surface area (Å²) in [6, 6.07) is 13.8. The van der Waals surface area contributed by atoms with Gasteiger partial charge in [0.05, 0.1) is 11.2 Å². The lowest BCUT2D eigenvalue weighted by molar-refractivity contribution is 0.111.